The van der Waals surface area contributed by atoms with Crippen LogP contribution in [0.1, 0.15) is 51.0 Å². The van der Waals surface area contributed by atoms with Crippen LogP contribution >= 0.6 is 24.0 Å². The third kappa shape index (κ3) is 9.83. The first kappa shape index (κ1) is 27.0. The van der Waals surface area contributed by atoms with Gasteiger partial charge in [-0.15, -0.1) is 24.0 Å². The van der Waals surface area contributed by atoms with Crippen LogP contribution in [0.4, 0.5) is 0 Å². The number of nitrogens with one attached hydrogen (secondary N) is 2. The van der Waals surface area contributed by atoms with Crippen molar-refractivity contribution in [2.75, 3.05) is 47.1 Å². The van der Waals surface area contributed by atoms with E-state index >= 15 is 0 Å². The third-order valence-corrected chi connectivity index (χ3v) is 5.56. The first-order valence-electron chi connectivity index (χ1n) is 10.9. The summed E-state index contributed by atoms with van der Waals surface area (Å²) in [4.78, 5) is 4.79. The van der Waals surface area contributed by atoms with Crippen molar-refractivity contribution in [3.05, 3.63) is 29.8 Å². The van der Waals surface area contributed by atoms with Crippen LogP contribution in [0, 0.1) is 5.41 Å². The molecule has 0 aliphatic heterocycles. The van der Waals surface area contributed by atoms with Crippen molar-refractivity contribution < 1.29 is 14.2 Å². The van der Waals surface area contributed by atoms with E-state index in [0.717, 1.165) is 49.8 Å². The molecule has 7 heteroatoms. The molecule has 0 spiro atoms. The molecule has 6 nitrogen and oxygen atoms in total. The molecule has 0 heterocycles. The van der Waals surface area contributed by atoms with Gasteiger partial charge in [-0.25, -0.2) is 4.99 Å². The van der Waals surface area contributed by atoms with E-state index in [9.17, 15) is 0 Å². The van der Waals surface area contributed by atoms with Crippen LogP contribution in [0.25, 0.3) is 0 Å². The van der Waals surface area contributed by atoms with Crippen molar-refractivity contribution in [2.45, 2.75) is 52.0 Å². The molecule has 0 aromatic heterocycles. The number of hydrogen-bond donors (Lipinski definition) is 2. The molecule has 172 valence electrons. The predicted molar refractivity (Wildman–Crippen MR) is 134 cm³/mol. The highest BCUT2D eigenvalue weighted by atomic mass is 127. The van der Waals surface area contributed by atoms with E-state index in [-0.39, 0.29) is 24.0 Å². The molecule has 0 saturated heterocycles. The van der Waals surface area contributed by atoms with Crippen molar-refractivity contribution in [1.82, 2.24) is 10.6 Å². The first-order chi connectivity index (χ1) is 14.2. The van der Waals surface area contributed by atoms with E-state index in [4.69, 9.17) is 19.2 Å². The lowest BCUT2D eigenvalue weighted by molar-refractivity contribution is 0.138. The highest BCUT2D eigenvalue weighted by molar-refractivity contribution is 14.0. The Kier molecular flexibility index (Phi) is 14.1. The van der Waals surface area contributed by atoms with Crippen LogP contribution in [-0.2, 0) is 16.0 Å². The number of halogens is 1. The smallest absolute Gasteiger partial charge is 0.191 e. The summed E-state index contributed by atoms with van der Waals surface area (Å²) in [7, 11) is 3.50. The zero-order chi connectivity index (χ0) is 20.8. The second-order valence-electron chi connectivity index (χ2n) is 7.84. The normalized spacial score (nSPS) is 15.5. The number of methoxy groups -OCH3 is 2. The molecule has 2 rings (SSSR count). The Labute approximate surface area is 199 Å². The molecule has 1 fully saturated rings. The zero-order valence-electron chi connectivity index (χ0n) is 18.9. The fourth-order valence-electron chi connectivity index (χ4n) is 3.87. The van der Waals surface area contributed by atoms with Gasteiger partial charge >= 0.3 is 0 Å². The average Bonchev–Trinajstić information content (AvgIpc) is 3.21. The average molecular weight is 533 g/mol. The van der Waals surface area contributed by atoms with Gasteiger partial charge in [0.2, 0.25) is 0 Å². The number of benzene rings is 1. The first-order valence-corrected chi connectivity index (χ1v) is 10.9. The maximum atomic E-state index is 5.80. The fourth-order valence-corrected chi connectivity index (χ4v) is 3.87. The lowest BCUT2D eigenvalue weighted by Crippen LogP contribution is -2.43. The summed E-state index contributed by atoms with van der Waals surface area (Å²) in [5, 5.41) is 6.96. The molecule has 1 aliphatic rings. The summed E-state index contributed by atoms with van der Waals surface area (Å²) in [6.07, 6.45) is 7.17. The van der Waals surface area contributed by atoms with Gasteiger partial charge in [-0.1, -0.05) is 25.0 Å². The van der Waals surface area contributed by atoms with Crippen molar-refractivity contribution >= 4 is 29.9 Å². The minimum absolute atomic E-state index is 0. The van der Waals surface area contributed by atoms with E-state index < -0.39 is 0 Å². The topological polar surface area (TPSA) is 64.1 Å². The quantitative estimate of drug-likeness (QED) is 0.171. The molecule has 0 unspecified atom stereocenters. The van der Waals surface area contributed by atoms with Crippen molar-refractivity contribution in [3.8, 4) is 5.75 Å². The van der Waals surface area contributed by atoms with E-state index in [1.165, 1.54) is 25.7 Å². The van der Waals surface area contributed by atoms with E-state index in [1.54, 1.807) is 14.2 Å². The van der Waals surface area contributed by atoms with Crippen LogP contribution in [0.3, 0.4) is 0 Å². The van der Waals surface area contributed by atoms with Crippen molar-refractivity contribution in [3.63, 3.8) is 0 Å². The monoisotopic (exact) mass is 533 g/mol. The molecule has 2 N–H and O–H groups in total. The number of aliphatic imine (C=N–C) groups is 1. The molecule has 0 amide bonds. The Morgan fingerprint density at radius 2 is 1.83 bits per heavy atom. The second kappa shape index (κ2) is 15.7. The molecule has 0 radical (unpaired) electrons. The van der Waals surface area contributed by atoms with Gasteiger partial charge in [-0.3, -0.25) is 0 Å². The van der Waals surface area contributed by atoms with Gasteiger partial charge in [-0.05, 0) is 49.3 Å². The summed E-state index contributed by atoms with van der Waals surface area (Å²) in [5.41, 5.74) is 1.48. The zero-order valence-corrected chi connectivity index (χ0v) is 21.2. The van der Waals surface area contributed by atoms with Crippen molar-refractivity contribution in [2.24, 2.45) is 10.4 Å². The number of hydrogen-bond acceptors (Lipinski definition) is 4. The predicted octanol–water partition coefficient (Wildman–Crippen LogP) is 4.37. The molecular weight excluding hydrogens is 493 g/mol. The summed E-state index contributed by atoms with van der Waals surface area (Å²) in [5.74, 6) is 1.76. The van der Waals surface area contributed by atoms with Gasteiger partial charge in [0, 0.05) is 46.9 Å². The van der Waals surface area contributed by atoms with Gasteiger partial charge in [-0.2, -0.15) is 0 Å². The molecule has 30 heavy (non-hydrogen) atoms. The highest BCUT2D eigenvalue weighted by Gasteiger charge is 2.33. The van der Waals surface area contributed by atoms with Crippen LogP contribution in [0.5, 0.6) is 5.75 Å². The molecule has 1 aliphatic carbocycles. The van der Waals surface area contributed by atoms with Gasteiger partial charge < -0.3 is 24.8 Å². The van der Waals surface area contributed by atoms with Crippen LogP contribution in [0.2, 0.25) is 0 Å². The number of guanidine groups is 1. The Hall–Kier alpha value is -1.06. The Morgan fingerprint density at radius 1 is 1.07 bits per heavy atom. The molecular formula is C23H40IN3O3. The SMILES string of the molecule is CCNC(=NCc1cccc(OCCCOC)c1)NCC1(CCOC)CCCC1.I. The van der Waals surface area contributed by atoms with Crippen molar-refractivity contribution in [1.29, 1.82) is 0 Å². The maximum absolute atomic E-state index is 5.80. The van der Waals surface area contributed by atoms with E-state index in [1.807, 2.05) is 12.1 Å². The largest absolute Gasteiger partial charge is 0.493 e. The minimum atomic E-state index is 0. The maximum Gasteiger partial charge on any atom is 0.191 e. The lowest BCUT2D eigenvalue weighted by atomic mass is 9.83. The Morgan fingerprint density at radius 3 is 2.53 bits per heavy atom. The fraction of sp³-hybridized carbons (Fsp3) is 0.696. The summed E-state index contributed by atoms with van der Waals surface area (Å²) >= 11 is 0. The minimum Gasteiger partial charge on any atom is -0.493 e. The lowest BCUT2D eigenvalue weighted by Gasteiger charge is -2.30. The van der Waals surface area contributed by atoms with E-state index in [2.05, 4.69) is 29.7 Å². The highest BCUT2D eigenvalue weighted by Crippen LogP contribution is 2.40. The summed E-state index contributed by atoms with van der Waals surface area (Å²) in [6, 6.07) is 8.17. The van der Waals surface area contributed by atoms with Gasteiger partial charge in [0.25, 0.3) is 0 Å². The van der Waals surface area contributed by atoms with Gasteiger partial charge in [0.05, 0.1) is 13.2 Å². The Balaban J connectivity index is 0.00000450. The number of nitrogens with zero attached hydrogens (tertiary/aromatic N) is 1. The van der Waals surface area contributed by atoms with Crippen LogP contribution in [-0.4, -0.2) is 53.1 Å². The molecule has 0 bridgehead atoms. The molecule has 0 atom stereocenters. The summed E-state index contributed by atoms with van der Waals surface area (Å²) < 4.78 is 16.2. The third-order valence-electron chi connectivity index (χ3n) is 5.56. The number of ether oxygens (including phenoxy) is 3. The molecule has 1 aromatic rings. The van der Waals surface area contributed by atoms with Crippen LogP contribution < -0.4 is 15.4 Å². The van der Waals surface area contributed by atoms with Gasteiger partial charge in [0.1, 0.15) is 5.75 Å². The second-order valence-corrected chi connectivity index (χ2v) is 7.84. The van der Waals surface area contributed by atoms with Crippen LogP contribution in [0.15, 0.2) is 29.3 Å². The van der Waals surface area contributed by atoms with Gasteiger partial charge in [0.15, 0.2) is 5.96 Å². The van der Waals surface area contributed by atoms with E-state index in [0.29, 0.717) is 25.2 Å². The standard InChI is InChI=1S/C23H39N3O3.HI/c1-4-24-22(26-19-23(13-16-28-3)11-5-6-12-23)25-18-20-9-7-10-21(17-20)29-15-8-14-27-2;/h7,9-10,17H,4-6,8,11-16,18-19H2,1-3H3,(H2,24,25,26);1H. The number of rotatable bonds is 13. The molecule has 1 aromatic carbocycles. The Bertz CT molecular complexity index is 607. The molecule has 1 saturated carbocycles. The summed E-state index contributed by atoms with van der Waals surface area (Å²) in [6.45, 7) is 6.72.